The number of amides is 1. The highest BCUT2D eigenvalue weighted by atomic mass is 16.2. The van der Waals surface area contributed by atoms with Crippen molar-refractivity contribution in [1.29, 1.82) is 0 Å². The summed E-state index contributed by atoms with van der Waals surface area (Å²) in [6.07, 6.45) is 1.71. The zero-order valence-corrected chi connectivity index (χ0v) is 10.9. The fraction of sp³-hybridized carbons (Fsp3) is 0.533. The molecule has 2 rings (SSSR count). The molecule has 0 spiro atoms. The summed E-state index contributed by atoms with van der Waals surface area (Å²) in [5, 5.41) is 0. The lowest BCUT2D eigenvalue weighted by atomic mass is 9.81. The third-order valence-corrected chi connectivity index (χ3v) is 3.36. The summed E-state index contributed by atoms with van der Waals surface area (Å²) >= 11 is 0. The molecule has 0 radical (unpaired) electrons. The van der Waals surface area contributed by atoms with Crippen molar-refractivity contribution < 1.29 is 4.79 Å². The number of likely N-dealkylation sites (tertiary alicyclic amines) is 1. The monoisotopic (exact) mass is 231 g/mol. The van der Waals surface area contributed by atoms with Crippen LogP contribution >= 0.6 is 0 Å². The van der Waals surface area contributed by atoms with Crippen LogP contribution in [0.15, 0.2) is 30.3 Å². The Bertz CT molecular complexity index is 391. The molecule has 1 aromatic rings. The number of carbonyl (C=O) groups excluding carboxylic acids is 1. The number of benzene rings is 1. The molecule has 0 aromatic heterocycles. The van der Waals surface area contributed by atoms with Crippen LogP contribution in [0.5, 0.6) is 0 Å². The molecule has 1 aliphatic rings. The van der Waals surface area contributed by atoms with E-state index in [0.29, 0.717) is 12.3 Å². The van der Waals surface area contributed by atoms with Gasteiger partial charge in [0.15, 0.2) is 0 Å². The van der Waals surface area contributed by atoms with E-state index in [1.807, 2.05) is 6.07 Å². The molecule has 1 aliphatic heterocycles. The Morgan fingerprint density at radius 1 is 1.18 bits per heavy atom. The lowest BCUT2D eigenvalue weighted by molar-refractivity contribution is -0.132. The van der Waals surface area contributed by atoms with Crippen LogP contribution in [-0.4, -0.2) is 17.4 Å². The van der Waals surface area contributed by atoms with E-state index >= 15 is 0 Å². The number of rotatable bonds is 2. The van der Waals surface area contributed by atoms with Crippen LogP contribution in [0.25, 0.3) is 0 Å². The molecular formula is C15H21NO. The second kappa shape index (κ2) is 4.52. The van der Waals surface area contributed by atoms with Crippen LogP contribution < -0.4 is 0 Å². The van der Waals surface area contributed by atoms with Crippen molar-refractivity contribution in [3.05, 3.63) is 35.9 Å². The molecule has 1 unspecified atom stereocenters. The summed E-state index contributed by atoms with van der Waals surface area (Å²) in [5.41, 5.74) is 1.32. The molecule has 2 heteroatoms. The van der Waals surface area contributed by atoms with Gasteiger partial charge in [0, 0.05) is 13.0 Å². The van der Waals surface area contributed by atoms with Crippen LogP contribution in [0, 0.1) is 5.41 Å². The van der Waals surface area contributed by atoms with Gasteiger partial charge in [-0.25, -0.2) is 0 Å². The van der Waals surface area contributed by atoms with Gasteiger partial charge in [-0.3, -0.25) is 4.79 Å². The van der Waals surface area contributed by atoms with Gasteiger partial charge in [0.25, 0.3) is 0 Å². The minimum absolute atomic E-state index is 0.0708. The van der Waals surface area contributed by atoms with E-state index in [9.17, 15) is 4.79 Å². The van der Waals surface area contributed by atoms with Gasteiger partial charge in [-0.05, 0) is 17.4 Å². The maximum absolute atomic E-state index is 12.0. The largest absolute Gasteiger partial charge is 0.335 e. The standard InChI is InChI=1S/C15H21NO/c1-15(2,3)14(12-8-5-4-6-9-12)16-11-7-10-13(16)17/h4-6,8-9,14H,7,10-11H2,1-3H3. The minimum atomic E-state index is 0.0708. The van der Waals surface area contributed by atoms with E-state index in [1.165, 1.54) is 5.56 Å². The highest BCUT2D eigenvalue weighted by Gasteiger charge is 2.36. The van der Waals surface area contributed by atoms with Gasteiger partial charge in [-0.15, -0.1) is 0 Å². The predicted octanol–water partition coefficient (Wildman–Crippen LogP) is 3.40. The molecule has 92 valence electrons. The fourth-order valence-electron chi connectivity index (χ4n) is 2.72. The smallest absolute Gasteiger partial charge is 0.223 e. The number of carbonyl (C=O) groups is 1. The van der Waals surface area contributed by atoms with Gasteiger partial charge < -0.3 is 4.90 Å². The van der Waals surface area contributed by atoms with Crippen molar-refractivity contribution >= 4 is 5.91 Å². The summed E-state index contributed by atoms with van der Waals surface area (Å²) in [6.45, 7) is 7.51. The number of hydrogen-bond acceptors (Lipinski definition) is 1. The first-order valence-corrected chi connectivity index (χ1v) is 6.34. The van der Waals surface area contributed by atoms with Gasteiger partial charge in [-0.2, -0.15) is 0 Å². The Balaban J connectivity index is 2.36. The quantitative estimate of drug-likeness (QED) is 0.764. The van der Waals surface area contributed by atoms with Crippen LogP contribution in [0.3, 0.4) is 0 Å². The van der Waals surface area contributed by atoms with Gasteiger partial charge >= 0.3 is 0 Å². The first-order chi connectivity index (χ1) is 8.00. The number of hydrogen-bond donors (Lipinski definition) is 0. The molecule has 1 aromatic carbocycles. The summed E-state index contributed by atoms with van der Waals surface area (Å²) < 4.78 is 0. The molecule has 1 amide bonds. The molecule has 0 N–H and O–H groups in total. The lowest BCUT2D eigenvalue weighted by Gasteiger charge is -2.38. The maximum Gasteiger partial charge on any atom is 0.223 e. The van der Waals surface area contributed by atoms with Gasteiger partial charge in [0.2, 0.25) is 5.91 Å². The second-order valence-corrected chi connectivity index (χ2v) is 5.87. The van der Waals surface area contributed by atoms with E-state index in [1.54, 1.807) is 0 Å². The Morgan fingerprint density at radius 2 is 1.82 bits per heavy atom. The average Bonchev–Trinajstić information content (AvgIpc) is 2.65. The second-order valence-electron chi connectivity index (χ2n) is 5.87. The predicted molar refractivity (Wildman–Crippen MR) is 69.6 cm³/mol. The van der Waals surface area contributed by atoms with Crippen molar-refractivity contribution in [3.63, 3.8) is 0 Å². The molecule has 2 nitrogen and oxygen atoms in total. The molecular weight excluding hydrogens is 210 g/mol. The van der Waals surface area contributed by atoms with E-state index in [2.05, 4.69) is 49.9 Å². The van der Waals surface area contributed by atoms with Crippen molar-refractivity contribution in [2.45, 2.75) is 39.7 Å². The van der Waals surface area contributed by atoms with Crippen molar-refractivity contribution in [1.82, 2.24) is 4.90 Å². The molecule has 17 heavy (non-hydrogen) atoms. The van der Waals surface area contributed by atoms with Crippen LogP contribution in [0.2, 0.25) is 0 Å². The average molecular weight is 231 g/mol. The van der Waals surface area contributed by atoms with Gasteiger partial charge in [0.05, 0.1) is 6.04 Å². The van der Waals surface area contributed by atoms with Crippen LogP contribution in [0.1, 0.15) is 45.2 Å². The molecule has 0 bridgehead atoms. The first-order valence-electron chi connectivity index (χ1n) is 6.34. The summed E-state index contributed by atoms with van der Waals surface area (Å²) in [4.78, 5) is 14.0. The third-order valence-electron chi connectivity index (χ3n) is 3.36. The summed E-state index contributed by atoms with van der Waals surface area (Å²) in [6, 6.07) is 10.6. The summed E-state index contributed by atoms with van der Waals surface area (Å²) in [7, 11) is 0. The fourth-order valence-corrected chi connectivity index (χ4v) is 2.72. The normalized spacial score (nSPS) is 18.5. The van der Waals surface area contributed by atoms with E-state index in [4.69, 9.17) is 0 Å². The van der Waals surface area contributed by atoms with Gasteiger partial charge in [0.1, 0.15) is 0 Å². The van der Waals surface area contributed by atoms with Crippen LogP contribution in [-0.2, 0) is 4.79 Å². The Labute approximate surface area is 104 Å². The topological polar surface area (TPSA) is 20.3 Å². The SMILES string of the molecule is CC(C)(C)C(c1ccccc1)N1CCCC1=O. The summed E-state index contributed by atoms with van der Waals surface area (Å²) in [5.74, 6) is 0.300. The van der Waals surface area contributed by atoms with Crippen molar-refractivity contribution in [2.24, 2.45) is 5.41 Å². The third kappa shape index (κ3) is 2.51. The molecule has 1 heterocycles. The molecule has 0 aliphatic carbocycles. The van der Waals surface area contributed by atoms with E-state index in [-0.39, 0.29) is 11.5 Å². The zero-order valence-electron chi connectivity index (χ0n) is 10.9. The van der Waals surface area contributed by atoms with Gasteiger partial charge in [-0.1, -0.05) is 51.1 Å². The van der Waals surface area contributed by atoms with Crippen molar-refractivity contribution in [2.75, 3.05) is 6.54 Å². The molecule has 1 atom stereocenters. The maximum atomic E-state index is 12.0. The lowest BCUT2D eigenvalue weighted by Crippen LogP contribution is -2.37. The molecule has 1 saturated heterocycles. The number of nitrogens with zero attached hydrogens (tertiary/aromatic N) is 1. The minimum Gasteiger partial charge on any atom is -0.335 e. The zero-order chi connectivity index (χ0) is 12.5. The Morgan fingerprint density at radius 3 is 2.29 bits per heavy atom. The highest BCUT2D eigenvalue weighted by molar-refractivity contribution is 5.78. The Kier molecular flexibility index (Phi) is 3.23. The molecule has 1 fully saturated rings. The molecule has 0 saturated carbocycles. The highest BCUT2D eigenvalue weighted by Crippen LogP contribution is 2.39. The van der Waals surface area contributed by atoms with Crippen molar-refractivity contribution in [3.8, 4) is 0 Å². The van der Waals surface area contributed by atoms with E-state index < -0.39 is 0 Å². The Hall–Kier alpha value is -1.31. The van der Waals surface area contributed by atoms with Crippen LogP contribution in [0.4, 0.5) is 0 Å². The first kappa shape index (κ1) is 12.2. The van der Waals surface area contributed by atoms with E-state index in [0.717, 1.165) is 13.0 Å².